The number of nitrogens with one attached hydrogen (secondary N) is 1. The maximum atomic E-state index is 11.6. The molecule has 1 amide bonds. The molecule has 4 rings (SSSR count). The molecule has 0 aromatic heterocycles. The number of hydrogen-bond acceptors (Lipinski definition) is 2. The van der Waals surface area contributed by atoms with E-state index < -0.39 is 0 Å². The van der Waals surface area contributed by atoms with Gasteiger partial charge in [0.05, 0.1) is 6.04 Å². The summed E-state index contributed by atoms with van der Waals surface area (Å²) in [6.07, 6.45) is 15.1. The number of likely N-dealkylation sites (tertiary alicyclic amines) is 1. The Morgan fingerprint density at radius 2 is 1.86 bits per heavy atom. The van der Waals surface area contributed by atoms with Crippen molar-refractivity contribution in [3.63, 3.8) is 0 Å². The highest BCUT2D eigenvalue weighted by atomic mass is 16.1. The van der Waals surface area contributed by atoms with Crippen LogP contribution in [0.25, 0.3) is 0 Å². The molecule has 1 saturated heterocycles. The topological polar surface area (TPSA) is 32.3 Å². The van der Waals surface area contributed by atoms with Gasteiger partial charge in [0.15, 0.2) is 0 Å². The van der Waals surface area contributed by atoms with Crippen LogP contribution in [0, 0.1) is 5.92 Å². The number of amides is 1. The fourth-order valence-corrected chi connectivity index (χ4v) is 6.19. The highest BCUT2D eigenvalue weighted by Crippen LogP contribution is 2.47. The van der Waals surface area contributed by atoms with Crippen LogP contribution in [0.15, 0.2) is 24.3 Å². The first-order valence-electron chi connectivity index (χ1n) is 11.8. The second kappa shape index (κ2) is 8.98. The predicted molar refractivity (Wildman–Crippen MR) is 118 cm³/mol. The predicted octanol–water partition coefficient (Wildman–Crippen LogP) is 5.60. The lowest BCUT2D eigenvalue weighted by Crippen LogP contribution is -2.46. The molecule has 3 heteroatoms. The largest absolute Gasteiger partial charge is 0.350 e. The Bertz CT molecular complexity index is 663. The molecular formula is C25H40N2O. The Morgan fingerprint density at radius 3 is 2.61 bits per heavy atom. The maximum Gasteiger partial charge on any atom is 0.217 e. The van der Waals surface area contributed by atoms with Gasteiger partial charge in [-0.1, -0.05) is 56.4 Å². The SMILES string of the molecule is CC(=O)N[C@H]1CCC2(CCN(CCCC3CCCCC3)CC2)c2ccccc21.[HH]. The molecule has 1 atom stereocenters. The van der Waals surface area contributed by atoms with Crippen LogP contribution in [-0.2, 0) is 10.2 Å². The summed E-state index contributed by atoms with van der Waals surface area (Å²) in [4.78, 5) is 14.3. The molecule has 2 fully saturated rings. The third-order valence-corrected chi connectivity index (χ3v) is 7.82. The van der Waals surface area contributed by atoms with Crippen molar-refractivity contribution < 1.29 is 6.22 Å². The van der Waals surface area contributed by atoms with Crippen molar-refractivity contribution in [2.45, 2.75) is 89.0 Å². The number of nitrogens with zero attached hydrogens (tertiary/aromatic N) is 1. The summed E-state index contributed by atoms with van der Waals surface area (Å²) in [7, 11) is 0. The maximum absolute atomic E-state index is 11.6. The van der Waals surface area contributed by atoms with E-state index in [1.807, 2.05) is 0 Å². The van der Waals surface area contributed by atoms with E-state index in [1.54, 1.807) is 6.92 Å². The molecule has 1 aliphatic heterocycles. The Hall–Kier alpha value is -1.35. The summed E-state index contributed by atoms with van der Waals surface area (Å²) in [5.74, 6) is 1.10. The van der Waals surface area contributed by atoms with Crippen molar-refractivity contribution in [2.24, 2.45) is 5.92 Å². The summed E-state index contributed by atoms with van der Waals surface area (Å²) in [5.41, 5.74) is 3.22. The van der Waals surface area contributed by atoms with E-state index in [0.717, 1.165) is 12.3 Å². The van der Waals surface area contributed by atoms with Gasteiger partial charge in [-0.3, -0.25) is 4.79 Å². The summed E-state index contributed by atoms with van der Waals surface area (Å²) >= 11 is 0. The van der Waals surface area contributed by atoms with Crippen LogP contribution >= 0.6 is 0 Å². The average Bonchev–Trinajstić information content (AvgIpc) is 2.72. The van der Waals surface area contributed by atoms with Crippen molar-refractivity contribution in [1.82, 2.24) is 10.2 Å². The molecule has 0 unspecified atom stereocenters. The summed E-state index contributed by atoms with van der Waals surface area (Å²) < 4.78 is 0. The Labute approximate surface area is 172 Å². The van der Waals surface area contributed by atoms with Gasteiger partial charge < -0.3 is 10.2 Å². The molecule has 1 N–H and O–H groups in total. The second-order valence-electron chi connectivity index (χ2n) is 9.65. The van der Waals surface area contributed by atoms with Crippen molar-refractivity contribution in [3.05, 3.63) is 35.4 Å². The smallest absolute Gasteiger partial charge is 0.217 e. The van der Waals surface area contributed by atoms with Crippen LogP contribution < -0.4 is 5.32 Å². The minimum absolute atomic E-state index is 0. The fraction of sp³-hybridized carbons (Fsp3) is 0.720. The van der Waals surface area contributed by atoms with Crippen molar-refractivity contribution >= 4 is 5.91 Å². The first kappa shape index (κ1) is 19.9. The number of carbonyl (C=O) groups is 1. The molecule has 1 heterocycles. The second-order valence-corrected chi connectivity index (χ2v) is 9.65. The van der Waals surface area contributed by atoms with Crippen LogP contribution in [0.5, 0.6) is 0 Å². The van der Waals surface area contributed by atoms with E-state index in [2.05, 4.69) is 34.5 Å². The highest BCUT2D eigenvalue weighted by Gasteiger charge is 2.41. The molecule has 1 saturated carbocycles. The molecule has 3 nitrogen and oxygen atoms in total. The van der Waals surface area contributed by atoms with E-state index in [9.17, 15) is 4.79 Å². The van der Waals surface area contributed by atoms with Crippen LogP contribution in [0.4, 0.5) is 0 Å². The van der Waals surface area contributed by atoms with E-state index >= 15 is 0 Å². The Balaban J connectivity index is 0.00000240. The standard InChI is InChI=1S/C25H38N2O.H2/c1-20(28)26-24-13-14-25(23-12-6-5-11-22(23)24)15-18-27(19-16-25)17-7-10-21-8-3-2-4-9-21;/h5-6,11-12,21,24H,2-4,7-10,13-19H2,1H3,(H,26,28);1H/t24-;/m0./s1. The zero-order valence-corrected chi connectivity index (χ0v) is 17.7. The number of hydrogen-bond donors (Lipinski definition) is 1. The van der Waals surface area contributed by atoms with Gasteiger partial charge in [-0.05, 0) is 80.6 Å². The zero-order chi connectivity index (χ0) is 19.4. The van der Waals surface area contributed by atoms with Gasteiger partial charge in [0.1, 0.15) is 0 Å². The van der Waals surface area contributed by atoms with E-state index in [0.29, 0.717) is 5.41 Å². The van der Waals surface area contributed by atoms with Crippen molar-refractivity contribution in [1.29, 1.82) is 0 Å². The van der Waals surface area contributed by atoms with E-state index in [4.69, 9.17) is 0 Å². The number of benzene rings is 1. The molecule has 1 spiro atoms. The summed E-state index contributed by atoms with van der Waals surface area (Å²) in [5, 5.41) is 3.18. The van der Waals surface area contributed by atoms with Crippen LogP contribution in [-0.4, -0.2) is 30.4 Å². The lowest BCUT2D eigenvalue weighted by molar-refractivity contribution is -0.119. The third-order valence-electron chi connectivity index (χ3n) is 7.82. The minimum Gasteiger partial charge on any atom is -0.350 e. The lowest BCUT2D eigenvalue weighted by atomic mass is 9.63. The number of carbonyl (C=O) groups excluding carboxylic acids is 1. The normalized spacial score (nSPS) is 25.4. The molecule has 1 aromatic rings. The average molecular weight is 385 g/mol. The monoisotopic (exact) mass is 384 g/mol. The molecule has 0 radical (unpaired) electrons. The number of fused-ring (bicyclic) bond motifs is 2. The first-order chi connectivity index (χ1) is 13.7. The summed E-state index contributed by atoms with van der Waals surface area (Å²) in [6, 6.07) is 9.10. The number of piperidine rings is 1. The van der Waals surface area contributed by atoms with Gasteiger partial charge in [0.2, 0.25) is 5.91 Å². The van der Waals surface area contributed by atoms with Gasteiger partial charge in [0.25, 0.3) is 0 Å². The fourth-order valence-electron chi connectivity index (χ4n) is 6.19. The molecule has 0 bridgehead atoms. The quantitative estimate of drug-likeness (QED) is 0.717. The molecular weight excluding hydrogens is 344 g/mol. The Morgan fingerprint density at radius 1 is 1.11 bits per heavy atom. The molecule has 2 aliphatic carbocycles. The lowest BCUT2D eigenvalue weighted by Gasteiger charge is -2.47. The molecule has 28 heavy (non-hydrogen) atoms. The molecule has 3 aliphatic rings. The van der Waals surface area contributed by atoms with Crippen molar-refractivity contribution in [3.8, 4) is 0 Å². The molecule has 1 aromatic carbocycles. The van der Waals surface area contributed by atoms with Gasteiger partial charge >= 0.3 is 0 Å². The minimum atomic E-state index is 0. The third kappa shape index (κ3) is 4.45. The van der Waals surface area contributed by atoms with Gasteiger partial charge in [-0.2, -0.15) is 0 Å². The van der Waals surface area contributed by atoms with Gasteiger partial charge in [-0.25, -0.2) is 0 Å². The van der Waals surface area contributed by atoms with Crippen molar-refractivity contribution in [2.75, 3.05) is 19.6 Å². The number of rotatable bonds is 5. The van der Waals surface area contributed by atoms with Gasteiger partial charge in [0, 0.05) is 8.35 Å². The van der Waals surface area contributed by atoms with E-state index in [-0.39, 0.29) is 13.4 Å². The van der Waals surface area contributed by atoms with Gasteiger partial charge in [-0.15, -0.1) is 0 Å². The van der Waals surface area contributed by atoms with Crippen LogP contribution in [0.3, 0.4) is 0 Å². The first-order valence-corrected chi connectivity index (χ1v) is 11.8. The zero-order valence-electron chi connectivity index (χ0n) is 17.7. The van der Waals surface area contributed by atoms with E-state index in [1.165, 1.54) is 95.0 Å². The Kier molecular flexibility index (Phi) is 6.40. The molecule has 156 valence electrons. The van der Waals surface area contributed by atoms with Crippen LogP contribution in [0.2, 0.25) is 0 Å². The highest BCUT2D eigenvalue weighted by molar-refractivity contribution is 5.73. The summed E-state index contributed by atoms with van der Waals surface area (Å²) in [6.45, 7) is 5.41. The van der Waals surface area contributed by atoms with Crippen LogP contribution in [0.1, 0.15) is 96.1 Å².